The standard InChI is InChI=1S/C26H20NO.C16H18GeNO3.Ir/c1-17(2)19-14-15-27-23(16-19)21-11-6-12-22-25-20(18-8-4-3-5-9-18)10-7-13-24(25)28-26(21)22;1-11-9-15(18-10-14(11)17(2,3)4)12-5-7-13(8-6-12)16(19)21-20;/h3-10,12-17H,1-2H3;5,7-10,20H,1-4H3;/q2*-1;/i17D;;. The maximum Gasteiger partial charge on any atom is 0.121 e. The Balaban J connectivity index is 0.000000205. The third-order valence-corrected chi connectivity index (χ3v) is 13.0. The molecular formula is C42H38GeIrN2O4-2. The first-order valence-electron chi connectivity index (χ1n) is 16.6. The van der Waals surface area contributed by atoms with Crippen molar-refractivity contribution in [3.63, 3.8) is 0 Å². The van der Waals surface area contributed by atoms with E-state index in [0.29, 0.717) is 0 Å². The number of aromatic nitrogens is 2. The summed E-state index contributed by atoms with van der Waals surface area (Å²) in [5.74, 6) is 5.53. The van der Waals surface area contributed by atoms with Gasteiger partial charge < -0.3 is 9.40 Å². The zero-order chi connectivity index (χ0) is 35.6. The number of rotatable bonds is 6. The zero-order valence-electron chi connectivity index (χ0n) is 29.8. The number of carbonyl (C=O) groups is 1. The van der Waals surface area contributed by atoms with Gasteiger partial charge in [-0.05, 0) is 34.8 Å². The van der Waals surface area contributed by atoms with Crippen molar-refractivity contribution >= 4 is 45.6 Å². The smallest absolute Gasteiger partial charge is 0.121 e. The molecule has 3 heterocycles. The number of benzene rings is 4. The first kappa shape index (κ1) is 35.4. The molecule has 7 aromatic rings. The summed E-state index contributed by atoms with van der Waals surface area (Å²) >= 11 is -1.90. The Morgan fingerprint density at radius 3 is 2.38 bits per heavy atom. The Labute approximate surface area is 310 Å². The van der Waals surface area contributed by atoms with E-state index in [1.54, 1.807) is 18.3 Å². The molecule has 1 N–H and O–H groups in total. The van der Waals surface area contributed by atoms with E-state index in [2.05, 4.69) is 81.5 Å². The summed E-state index contributed by atoms with van der Waals surface area (Å²) in [7, 11) is 0. The third-order valence-electron chi connectivity index (χ3n) is 8.46. The van der Waals surface area contributed by atoms with Gasteiger partial charge in [-0.2, -0.15) is 0 Å². The molecule has 0 atom stereocenters. The first-order chi connectivity index (χ1) is 23.8. The van der Waals surface area contributed by atoms with Crippen LogP contribution < -0.4 is 4.40 Å². The quantitative estimate of drug-likeness (QED) is 0.0775. The Hall–Kier alpha value is -4.40. The number of hydrogen-bond acceptors (Lipinski definition) is 6. The monoisotopic (exact) mass is 902 g/mol. The van der Waals surface area contributed by atoms with Gasteiger partial charge in [0.2, 0.25) is 0 Å². The number of fused-ring (bicyclic) bond motifs is 3. The normalized spacial score (nSPS) is 11.7. The minimum atomic E-state index is -1.90. The molecule has 3 aromatic heterocycles. The molecule has 0 unspecified atom stereocenters. The second-order valence-electron chi connectivity index (χ2n) is 13.2. The van der Waals surface area contributed by atoms with Gasteiger partial charge in [-0.3, -0.25) is 0 Å². The summed E-state index contributed by atoms with van der Waals surface area (Å²) in [6.45, 7) is 5.86. The molecule has 0 aliphatic rings. The summed E-state index contributed by atoms with van der Waals surface area (Å²) in [4.78, 5) is 23.9. The second-order valence-corrected chi connectivity index (χ2v) is 23.7. The first-order valence-corrected chi connectivity index (χ1v) is 23.4. The van der Waals surface area contributed by atoms with Crippen molar-refractivity contribution in [1.82, 2.24) is 9.97 Å². The fourth-order valence-corrected chi connectivity index (χ4v) is 9.55. The molecule has 50 heavy (non-hydrogen) atoms. The number of nitrogens with zero attached hydrogens (tertiary/aromatic N) is 2. The van der Waals surface area contributed by atoms with Crippen molar-refractivity contribution in [1.29, 1.82) is 0 Å². The summed E-state index contributed by atoms with van der Waals surface area (Å²) in [5, 5.41) is 10.5. The van der Waals surface area contributed by atoms with Crippen molar-refractivity contribution in [3.8, 4) is 33.6 Å². The molecule has 8 heteroatoms. The average Bonchev–Trinajstić information content (AvgIpc) is 3.50. The number of hydrogen-bond donors (Lipinski definition) is 1. The molecule has 6 nitrogen and oxygen atoms in total. The average molecular weight is 901 g/mol. The van der Waals surface area contributed by atoms with Crippen LogP contribution in [-0.2, 0) is 25.0 Å². The molecule has 0 spiro atoms. The molecule has 0 saturated carbocycles. The van der Waals surface area contributed by atoms with Gasteiger partial charge in [0.25, 0.3) is 0 Å². The molecular weight excluding hydrogens is 861 g/mol. The topological polar surface area (TPSA) is 85.5 Å². The van der Waals surface area contributed by atoms with Crippen LogP contribution in [0.1, 0.15) is 42.6 Å². The van der Waals surface area contributed by atoms with Crippen molar-refractivity contribution in [3.05, 3.63) is 138 Å². The summed E-state index contributed by atoms with van der Waals surface area (Å²) in [6.07, 6.45) is 3.72. The zero-order valence-corrected chi connectivity index (χ0v) is 33.3. The Morgan fingerprint density at radius 2 is 1.72 bits per heavy atom. The maximum atomic E-state index is 11.2. The molecule has 0 aliphatic heterocycles. The van der Waals surface area contributed by atoms with Crippen LogP contribution in [0.2, 0.25) is 17.3 Å². The molecule has 7 rings (SSSR count). The predicted molar refractivity (Wildman–Crippen MR) is 200 cm³/mol. The Kier molecular flexibility index (Phi) is 11.1. The van der Waals surface area contributed by atoms with Crippen LogP contribution in [0.4, 0.5) is 0 Å². The van der Waals surface area contributed by atoms with E-state index >= 15 is 0 Å². The number of aryl methyl sites for hydroxylation is 1. The van der Waals surface area contributed by atoms with E-state index in [0.717, 1.165) is 61.1 Å². The van der Waals surface area contributed by atoms with Gasteiger partial charge in [0.1, 0.15) is 5.58 Å². The number of furan rings is 1. The van der Waals surface area contributed by atoms with Crippen LogP contribution >= 0.6 is 0 Å². The summed E-state index contributed by atoms with van der Waals surface area (Å²) in [5.41, 5.74) is 9.56. The third kappa shape index (κ3) is 7.82. The Bertz CT molecular complexity index is 2310. The van der Waals surface area contributed by atoms with Gasteiger partial charge in [0.15, 0.2) is 0 Å². The van der Waals surface area contributed by atoms with E-state index in [9.17, 15) is 4.79 Å². The van der Waals surface area contributed by atoms with Crippen LogP contribution in [0, 0.1) is 19.1 Å². The van der Waals surface area contributed by atoms with E-state index in [1.165, 1.54) is 16.0 Å². The van der Waals surface area contributed by atoms with Gasteiger partial charge in [-0.15, -0.1) is 18.2 Å². The molecule has 0 amide bonds. The van der Waals surface area contributed by atoms with Crippen molar-refractivity contribution in [2.75, 3.05) is 0 Å². The number of carbonyl (C=O) groups excluding carboxylic acids is 1. The van der Waals surface area contributed by atoms with Gasteiger partial charge in [0.05, 0.1) is 5.58 Å². The molecule has 255 valence electrons. The van der Waals surface area contributed by atoms with Crippen LogP contribution in [0.25, 0.3) is 55.6 Å². The largest absolute Gasteiger partial charge is 0.501 e. The van der Waals surface area contributed by atoms with Crippen LogP contribution in [0.3, 0.4) is 0 Å². The van der Waals surface area contributed by atoms with E-state index in [4.69, 9.17) is 11.0 Å². The minimum Gasteiger partial charge on any atom is -0.501 e. The van der Waals surface area contributed by atoms with Crippen molar-refractivity contribution in [2.24, 2.45) is 0 Å². The molecule has 0 bridgehead atoms. The molecule has 1 radical (unpaired) electrons. The minimum absolute atomic E-state index is 0. The van der Waals surface area contributed by atoms with Crippen molar-refractivity contribution in [2.45, 2.75) is 43.9 Å². The van der Waals surface area contributed by atoms with Crippen LogP contribution in [0.5, 0.6) is 0 Å². The second kappa shape index (κ2) is 15.7. The van der Waals surface area contributed by atoms with E-state index in [1.807, 2.05) is 68.6 Å². The van der Waals surface area contributed by atoms with Gasteiger partial charge in [-0.1, -0.05) is 78.9 Å². The van der Waals surface area contributed by atoms with Crippen molar-refractivity contribution < 1.29 is 40.8 Å². The molecule has 0 fully saturated rings. The van der Waals surface area contributed by atoms with E-state index in [-0.39, 0.29) is 25.7 Å². The molecule has 0 aliphatic carbocycles. The SMILES string of the molecule is Cc1cc(-c2[c-]cc(C(=O)OO)cc2)nc[c]1[Ge]([CH3])([CH3])[CH3].[2H]C(C)(C)c1ccnc(-c2[c-]ccc3c2oc2cccc(-c4ccccc4)c23)c1.[Ir]. The van der Waals surface area contributed by atoms with Gasteiger partial charge in [-0.25, -0.2) is 0 Å². The van der Waals surface area contributed by atoms with Gasteiger partial charge in [0, 0.05) is 33.1 Å². The molecule has 0 saturated heterocycles. The summed E-state index contributed by atoms with van der Waals surface area (Å²) < 4.78 is 16.0. The fraction of sp³-hybridized carbons (Fsp3) is 0.167. The maximum absolute atomic E-state index is 11.2. The number of pyridine rings is 2. The summed E-state index contributed by atoms with van der Waals surface area (Å²) in [6, 6.07) is 37.5. The fourth-order valence-electron chi connectivity index (χ4n) is 5.97. The van der Waals surface area contributed by atoms with Gasteiger partial charge >= 0.3 is 127 Å². The van der Waals surface area contributed by atoms with Crippen LogP contribution in [0.15, 0.2) is 114 Å². The Morgan fingerprint density at radius 1 is 0.940 bits per heavy atom. The van der Waals surface area contributed by atoms with E-state index < -0.39 is 25.1 Å². The predicted octanol–water partition coefficient (Wildman–Crippen LogP) is 10.3. The van der Waals surface area contributed by atoms with Crippen LogP contribution in [-0.4, -0.2) is 34.5 Å². The molecule has 4 aromatic carbocycles.